The summed E-state index contributed by atoms with van der Waals surface area (Å²) < 4.78 is 1.90. The van der Waals surface area contributed by atoms with Gasteiger partial charge in [-0.3, -0.25) is 9.59 Å². The maximum atomic E-state index is 12.8. The van der Waals surface area contributed by atoms with Crippen molar-refractivity contribution in [2.24, 2.45) is 7.05 Å². The van der Waals surface area contributed by atoms with Crippen molar-refractivity contribution >= 4 is 39.2 Å². The maximum Gasteiger partial charge on any atom is 0.260 e. The van der Waals surface area contributed by atoms with E-state index in [-0.39, 0.29) is 16.7 Å². The van der Waals surface area contributed by atoms with Crippen molar-refractivity contribution < 1.29 is 4.79 Å². The number of carbonyl (C=O) groups is 1. The predicted molar refractivity (Wildman–Crippen MR) is 126 cm³/mol. The summed E-state index contributed by atoms with van der Waals surface area (Å²) in [5.41, 5.74) is 1.75. The van der Waals surface area contributed by atoms with Crippen molar-refractivity contribution in [1.29, 1.82) is 0 Å². The van der Waals surface area contributed by atoms with E-state index in [1.807, 2.05) is 60.4 Å². The number of rotatable bonds is 7. The minimum absolute atomic E-state index is 0.0129. The van der Waals surface area contributed by atoms with Gasteiger partial charge >= 0.3 is 0 Å². The first-order valence-electron chi connectivity index (χ1n) is 9.82. The number of imidazole rings is 1. The Morgan fingerprint density at radius 2 is 2.10 bits per heavy atom. The number of aryl methyl sites for hydroxylation is 1. The van der Waals surface area contributed by atoms with Gasteiger partial charge in [0.05, 0.1) is 22.9 Å². The Morgan fingerprint density at radius 1 is 1.32 bits per heavy atom. The molecule has 3 aromatic heterocycles. The highest BCUT2D eigenvalue weighted by atomic mass is 32.2. The molecule has 0 radical (unpaired) electrons. The molecule has 0 fully saturated rings. The third-order valence-electron chi connectivity index (χ3n) is 5.07. The lowest BCUT2D eigenvalue weighted by molar-refractivity contribution is -0.129. The molecule has 0 saturated carbocycles. The van der Waals surface area contributed by atoms with E-state index in [1.165, 1.54) is 23.1 Å². The number of benzene rings is 1. The fraction of sp³-hybridized carbons (Fsp3) is 0.273. The topological polar surface area (TPSA) is 83.9 Å². The van der Waals surface area contributed by atoms with E-state index in [0.29, 0.717) is 28.3 Å². The van der Waals surface area contributed by atoms with E-state index >= 15 is 0 Å². The largest absolute Gasteiger partial charge is 0.337 e. The molecule has 0 aliphatic carbocycles. The molecule has 1 amide bonds. The number of nitrogens with one attached hydrogen (secondary N) is 1. The number of thiophene rings is 1. The average molecular weight is 454 g/mol. The highest BCUT2D eigenvalue weighted by Crippen LogP contribution is 2.30. The fourth-order valence-corrected chi connectivity index (χ4v) is 5.15. The van der Waals surface area contributed by atoms with E-state index in [1.54, 1.807) is 18.1 Å². The number of amides is 1. The lowest BCUT2D eigenvalue weighted by Crippen LogP contribution is -2.33. The molecule has 0 aliphatic rings. The Bertz CT molecular complexity index is 1260. The predicted octanol–water partition coefficient (Wildman–Crippen LogP) is 3.67. The minimum atomic E-state index is -0.269. The summed E-state index contributed by atoms with van der Waals surface area (Å²) in [6, 6.07) is 9.83. The molecule has 0 saturated heterocycles. The number of H-pyrrole nitrogens is 1. The van der Waals surface area contributed by atoms with Crippen LogP contribution in [-0.4, -0.2) is 42.6 Å². The molecule has 1 aromatic carbocycles. The van der Waals surface area contributed by atoms with Crippen LogP contribution >= 0.6 is 23.1 Å². The van der Waals surface area contributed by atoms with Crippen molar-refractivity contribution in [2.75, 3.05) is 7.05 Å². The highest BCUT2D eigenvalue weighted by Gasteiger charge is 2.20. The van der Waals surface area contributed by atoms with Gasteiger partial charge in [-0.1, -0.05) is 30.3 Å². The monoisotopic (exact) mass is 453 g/mol. The second-order valence-corrected chi connectivity index (χ2v) is 9.50. The SMILES string of the molecule is C[C@@H](SCc1nc2scc(-c3ccccc3)c2c(=O)[nH]1)C(=O)N(C)Cc1nccn1C. The number of carbonyl (C=O) groups excluding carboxylic acids is 1. The smallest absolute Gasteiger partial charge is 0.260 e. The average Bonchev–Trinajstić information content (AvgIpc) is 3.38. The molecular weight excluding hydrogens is 430 g/mol. The Hall–Kier alpha value is -2.91. The molecule has 0 unspecified atom stereocenters. The third-order valence-corrected chi connectivity index (χ3v) is 7.09. The van der Waals surface area contributed by atoms with Crippen molar-refractivity contribution in [2.45, 2.75) is 24.5 Å². The van der Waals surface area contributed by atoms with Crippen LogP contribution in [0.1, 0.15) is 18.6 Å². The van der Waals surface area contributed by atoms with Crippen LogP contribution in [0.25, 0.3) is 21.3 Å². The molecule has 3 heterocycles. The van der Waals surface area contributed by atoms with Gasteiger partial charge < -0.3 is 14.5 Å². The van der Waals surface area contributed by atoms with Crippen LogP contribution in [0, 0.1) is 0 Å². The number of hydrogen-bond donors (Lipinski definition) is 1. The Morgan fingerprint density at radius 3 is 2.81 bits per heavy atom. The summed E-state index contributed by atoms with van der Waals surface area (Å²) in [7, 11) is 3.68. The molecule has 4 aromatic rings. The quantitative estimate of drug-likeness (QED) is 0.462. The minimum Gasteiger partial charge on any atom is -0.337 e. The molecule has 31 heavy (non-hydrogen) atoms. The normalized spacial score (nSPS) is 12.2. The Labute approximate surface area is 188 Å². The molecular formula is C22H23N5O2S2. The van der Waals surface area contributed by atoms with Gasteiger partial charge in [-0.2, -0.15) is 0 Å². The van der Waals surface area contributed by atoms with Crippen LogP contribution in [0.15, 0.2) is 52.9 Å². The maximum absolute atomic E-state index is 12.8. The summed E-state index contributed by atoms with van der Waals surface area (Å²) in [4.78, 5) is 39.7. The number of fused-ring (bicyclic) bond motifs is 1. The first-order chi connectivity index (χ1) is 14.9. The second kappa shape index (κ2) is 9.07. The van der Waals surface area contributed by atoms with Gasteiger partial charge in [-0.15, -0.1) is 23.1 Å². The van der Waals surface area contributed by atoms with Crippen molar-refractivity contribution in [1.82, 2.24) is 24.4 Å². The van der Waals surface area contributed by atoms with Gasteiger partial charge in [0.2, 0.25) is 5.91 Å². The van der Waals surface area contributed by atoms with Gasteiger partial charge in [0.15, 0.2) is 0 Å². The van der Waals surface area contributed by atoms with E-state index in [9.17, 15) is 9.59 Å². The molecule has 1 atom stereocenters. The number of thioether (sulfide) groups is 1. The van der Waals surface area contributed by atoms with Crippen molar-refractivity contribution in [3.63, 3.8) is 0 Å². The van der Waals surface area contributed by atoms with Crippen LogP contribution in [0.4, 0.5) is 0 Å². The summed E-state index contributed by atoms with van der Waals surface area (Å²) in [5.74, 6) is 1.87. The molecule has 1 N–H and O–H groups in total. The lowest BCUT2D eigenvalue weighted by atomic mass is 10.1. The molecule has 7 nitrogen and oxygen atoms in total. The standard InChI is InChI=1S/C22H23N5O2S2/c1-14(22(29)27(3)11-18-23-9-10-26(18)2)30-13-17-24-20(28)19-16(12-31-21(19)25-17)15-7-5-4-6-8-15/h4-10,12,14H,11,13H2,1-3H3,(H,24,25,28)/t14-/m1/s1. The molecule has 4 rings (SSSR count). The van der Waals surface area contributed by atoms with Gasteiger partial charge in [-0.25, -0.2) is 9.97 Å². The molecule has 0 aliphatic heterocycles. The van der Waals surface area contributed by atoms with Crippen LogP contribution in [0.3, 0.4) is 0 Å². The Kier molecular flexibility index (Phi) is 6.24. The highest BCUT2D eigenvalue weighted by molar-refractivity contribution is 7.99. The van der Waals surface area contributed by atoms with Crippen LogP contribution in [-0.2, 0) is 24.1 Å². The van der Waals surface area contributed by atoms with E-state index < -0.39 is 0 Å². The van der Waals surface area contributed by atoms with E-state index in [2.05, 4.69) is 15.0 Å². The number of aromatic nitrogens is 4. The molecule has 160 valence electrons. The molecule has 9 heteroatoms. The van der Waals surface area contributed by atoms with Crippen molar-refractivity contribution in [3.8, 4) is 11.1 Å². The fourth-order valence-electron chi connectivity index (χ4n) is 3.32. The Balaban J connectivity index is 1.45. The zero-order valence-electron chi connectivity index (χ0n) is 17.5. The third kappa shape index (κ3) is 4.57. The number of nitrogens with zero attached hydrogens (tertiary/aromatic N) is 4. The zero-order valence-corrected chi connectivity index (χ0v) is 19.2. The zero-order chi connectivity index (χ0) is 22.0. The van der Waals surface area contributed by atoms with Gasteiger partial charge in [0.25, 0.3) is 5.56 Å². The number of aromatic amines is 1. The van der Waals surface area contributed by atoms with Crippen LogP contribution in [0.5, 0.6) is 0 Å². The summed E-state index contributed by atoms with van der Waals surface area (Å²) in [6.45, 7) is 2.32. The van der Waals surface area contributed by atoms with Gasteiger partial charge in [0, 0.05) is 37.4 Å². The van der Waals surface area contributed by atoms with E-state index in [4.69, 9.17) is 0 Å². The first-order valence-corrected chi connectivity index (χ1v) is 11.8. The first kappa shape index (κ1) is 21.3. The summed E-state index contributed by atoms with van der Waals surface area (Å²) in [6.07, 6.45) is 3.58. The number of hydrogen-bond acceptors (Lipinski definition) is 6. The van der Waals surface area contributed by atoms with Gasteiger partial charge in [-0.05, 0) is 12.5 Å². The van der Waals surface area contributed by atoms with Gasteiger partial charge in [0.1, 0.15) is 16.5 Å². The van der Waals surface area contributed by atoms with Crippen LogP contribution in [0.2, 0.25) is 0 Å². The second-order valence-electron chi connectivity index (χ2n) is 7.31. The lowest BCUT2D eigenvalue weighted by Gasteiger charge is -2.20. The van der Waals surface area contributed by atoms with Crippen LogP contribution < -0.4 is 5.56 Å². The van der Waals surface area contributed by atoms with E-state index in [0.717, 1.165) is 17.0 Å². The summed E-state index contributed by atoms with van der Waals surface area (Å²) in [5, 5.41) is 2.32. The summed E-state index contributed by atoms with van der Waals surface area (Å²) >= 11 is 2.92. The molecule has 0 spiro atoms. The van der Waals surface area contributed by atoms with Crippen molar-refractivity contribution in [3.05, 3.63) is 70.1 Å². The molecule has 0 bridgehead atoms.